The lowest BCUT2D eigenvalue weighted by Gasteiger charge is -2.32. The number of carbonyl (C=O) groups is 3. The molecule has 0 bridgehead atoms. The molecule has 2 heterocycles. The third-order valence-corrected chi connectivity index (χ3v) is 6.66. The van der Waals surface area contributed by atoms with Crippen LogP contribution in [-0.2, 0) is 14.3 Å². The Morgan fingerprint density at radius 2 is 1.76 bits per heavy atom. The number of hydrogen-bond donors (Lipinski definition) is 0. The Bertz CT molecular complexity index is 1010. The molecular weight excluding hydrogens is 537 g/mol. The molecule has 4 rings (SSSR count). The number of rotatable bonds is 7. The van der Waals surface area contributed by atoms with Crippen molar-refractivity contribution in [1.82, 2.24) is 9.80 Å². The molecule has 0 radical (unpaired) electrons. The Balaban J connectivity index is 1.58. The first-order valence-electron chi connectivity index (χ1n) is 10.9. The number of halogens is 1. The highest BCUT2D eigenvalue weighted by molar-refractivity contribution is 14.1. The highest BCUT2D eigenvalue weighted by atomic mass is 127. The predicted octanol–water partition coefficient (Wildman–Crippen LogP) is 2.41. The van der Waals surface area contributed by atoms with Gasteiger partial charge in [-0.3, -0.25) is 19.3 Å². The van der Waals surface area contributed by atoms with Crippen molar-refractivity contribution in [3.05, 3.63) is 57.7 Å². The van der Waals surface area contributed by atoms with Crippen LogP contribution < -0.4 is 9.64 Å². The highest BCUT2D eigenvalue weighted by Gasteiger charge is 2.44. The van der Waals surface area contributed by atoms with E-state index in [1.54, 1.807) is 48.4 Å². The minimum absolute atomic E-state index is 0.0319. The summed E-state index contributed by atoms with van der Waals surface area (Å²) in [5.74, 6) is -0.305. The zero-order valence-electron chi connectivity index (χ0n) is 18.4. The molecule has 8 nitrogen and oxygen atoms in total. The largest absolute Gasteiger partial charge is 0.497 e. The van der Waals surface area contributed by atoms with E-state index < -0.39 is 6.04 Å². The summed E-state index contributed by atoms with van der Waals surface area (Å²) in [4.78, 5) is 44.7. The van der Waals surface area contributed by atoms with Crippen molar-refractivity contribution in [2.45, 2.75) is 12.5 Å². The SMILES string of the molecule is COc1ccc(C(=O)N(CCN2CCOCC2)C2CC(=O)N(c3ccc(I)cc3)C2=O)cc1. The quantitative estimate of drug-likeness (QED) is 0.381. The topological polar surface area (TPSA) is 79.4 Å². The maximum atomic E-state index is 13.5. The van der Waals surface area contributed by atoms with Gasteiger partial charge in [0.2, 0.25) is 5.91 Å². The highest BCUT2D eigenvalue weighted by Crippen LogP contribution is 2.27. The molecular formula is C24H26IN3O5. The lowest BCUT2D eigenvalue weighted by atomic mass is 10.1. The van der Waals surface area contributed by atoms with Crippen LogP contribution in [0.15, 0.2) is 48.5 Å². The summed E-state index contributed by atoms with van der Waals surface area (Å²) in [5.41, 5.74) is 0.976. The van der Waals surface area contributed by atoms with Crippen LogP contribution >= 0.6 is 22.6 Å². The minimum atomic E-state index is -0.840. The van der Waals surface area contributed by atoms with Crippen LogP contribution in [0, 0.1) is 3.57 Å². The van der Waals surface area contributed by atoms with Crippen molar-refractivity contribution in [3.63, 3.8) is 0 Å². The molecule has 1 atom stereocenters. The van der Waals surface area contributed by atoms with Gasteiger partial charge in [-0.05, 0) is 71.1 Å². The lowest BCUT2D eigenvalue weighted by molar-refractivity contribution is -0.122. The summed E-state index contributed by atoms with van der Waals surface area (Å²) < 4.78 is 11.6. The van der Waals surface area contributed by atoms with E-state index in [9.17, 15) is 14.4 Å². The molecule has 0 aliphatic carbocycles. The summed E-state index contributed by atoms with van der Waals surface area (Å²) in [6, 6.07) is 13.2. The molecule has 1 unspecified atom stereocenters. The number of benzene rings is 2. The molecule has 3 amide bonds. The number of carbonyl (C=O) groups excluding carboxylic acids is 3. The van der Waals surface area contributed by atoms with E-state index in [1.165, 1.54) is 4.90 Å². The number of amides is 3. The van der Waals surface area contributed by atoms with Crippen LogP contribution in [0.4, 0.5) is 5.69 Å². The first-order valence-corrected chi connectivity index (χ1v) is 11.9. The molecule has 2 aromatic carbocycles. The third-order valence-electron chi connectivity index (χ3n) is 5.94. The fraction of sp³-hybridized carbons (Fsp3) is 0.375. The minimum Gasteiger partial charge on any atom is -0.497 e. The predicted molar refractivity (Wildman–Crippen MR) is 131 cm³/mol. The van der Waals surface area contributed by atoms with Gasteiger partial charge in [-0.1, -0.05) is 0 Å². The number of nitrogens with zero attached hydrogens (tertiary/aromatic N) is 3. The maximum absolute atomic E-state index is 13.5. The van der Waals surface area contributed by atoms with Crippen LogP contribution in [0.1, 0.15) is 16.8 Å². The van der Waals surface area contributed by atoms with E-state index in [0.29, 0.717) is 43.3 Å². The van der Waals surface area contributed by atoms with Crippen LogP contribution in [0.5, 0.6) is 5.75 Å². The zero-order valence-corrected chi connectivity index (χ0v) is 20.6. The average molecular weight is 563 g/mol. The van der Waals surface area contributed by atoms with Crippen LogP contribution in [0.2, 0.25) is 0 Å². The Labute approximate surface area is 206 Å². The number of imide groups is 1. The monoisotopic (exact) mass is 563 g/mol. The molecule has 33 heavy (non-hydrogen) atoms. The molecule has 0 saturated carbocycles. The van der Waals surface area contributed by atoms with Crippen molar-refractivity contribution in [2.75, 3.05) is 51.4 Å². The molecule has 2 saturated heterocycles. The van der Waals surface area contributed by atoms with Crippen molar-refractivity contribution in [2.24, 2.45) is 0 Å². The molecule has 2 aliphatic rings. The lowest BCUT2D eigenvalue weighted by Crippen LogP contribution is -2.49. The molecule has 0 N–H and O–H groups in total. The molecule has 0 spiro atoms. The number of morpholine rings is 1. The van der Waals surface area contributed by atoms with E-state index in [1.807, 2.05) is 12.1 Å². The van der Waals surface area contributed by atoms with Crippen LogP contribution in [0.3, 0.4) is 0 Å². The second-order valence-corrected chi connectivity index (χ2v) is 9.19. The number of anilines is 1. The first kappa shape index (κ1) is 23.7. The number of hydrogen-bond acceptors (Lipinski definition) is 6. The number of ether oxygens (including phenoxy) is 2. The van der Waals surface area contributed by atoms with Crippen molar-refractivity contribution >= 4 is 46.0 Å². The second-order valence-electron chi connectivity index (χ2n) is 7.94. The fourth-order valence-corrected chi connectivity index (χ4v) is 4.45. The maximum Gasteiger partial charge on any atom is 0.257 e. The van der Waals surface area contributed by atoms with Crippen molar-refractivity contribution in [3.8, 4) is 5.75 Å². The van der Waals surface area contributed by atoms with Gasteiger partial charge in [0.25, 0.3) is 11.8 Å². The Kier molecular flexibility index (Phi) is 7.61. The van der Waals surface area contributed by atoms with Gasteiger partial charge in [0.1, 0.15) is 11.8 Å². The number of methoxy groups -OCH3 is 1. The van der Waals surface area contributed by atoms with Crippen LogP contribution in [0.25, 0.3) is 0 Å². The standard InChI is InChI=1S/C24H26IN3O5/c1-32-20-8-2-17(3-9-20)23(30)27(11-10-26-12-14-33-15-13-26)21-16-22(29)28(24(21)31)19-6-4-18(25)5-7-19/h2-9,21H,10-16H2,1H3. The normalized spacial score (nSPS) is 19.1. The van der Waals surface area contributed by atoms with E-state index in [2.05, 4.69) is 27.5 Å². The zero-order chi connectivity index (χ0) is 23.4. The first-order chi connectivity index (χ1) is 16.0. The van der Waals surface area contributed by atoms with Gasteiger partial charge in [-0.15, -0.1) is 0 Å². The fourth-order valence-electron chi connectivity index (χ4n) is 4.09. The van der Waals surface area contributed by atoms with Gasteiger partial charge in [0, 0.05) is 35.3 Å². The molecule has 2 aliphatic heterocycles. The summed E-state index contributed by atoms with van der Waals surface area (Å²) in [5, 5.41) is 0. The van der Waals surface area contributed by atoms with Crippen molar-refractivity contribution < 1.29 is 23.9 Å². The van der Waals surface area contributed by atoms with Gasteiger partial charge >= 0.3 is 0 Å². The Hall–Kier alpha value is -2.50. The van der Waals surface area contributed by atoms with Crippen LogP contribution in [-0.4, -0.2) is 80.1 Å². The van der Waals surface area contributed by atoms with Gasteiger partial charge in [0.05, 0.1) is 32.4 Å². The summed E-state index contributed by atoms with van der Waals surface area (Å²) >= 11 is 2.17. The molecule has 0 aromatic heterocycles. The van der Waals surface area contributed by atoms with Gasteiger partial charge in [-0.2, -0.15) is 0 Å². The Morgan fingerprint density at radius 3 is 2.39 bits per heavy atom. The average Bonchev–Trinajstić information content (AvgIpc) is 3.14. The summed E-state index contributed by atoms with van der Waals surface area (Å²) in [7, 11) is 1.56. The molecule has 2 fully saturated rings. The third kappa shape index (κ3) is 5.36. The second kappa shape index (κ2) is 10.6. The Morgan fingerprint density at radius 1 is 1.09 bits per heavy atom. The van der Waals surface area contributed by atoms with Gasteiger partial charge in [0.15, 0.2) is 0 Å². The van der Waals surface area contributed by atoms with E-state index in [-0.39, 0.29) is 24.1 Å². The molecule has 2 aromatic rings. The summed E-state index contributed by atoms with van der Waals surface area (Å²) in [6.07, 6.45) is -0.0319. The van der Waals surface area contributed by atoms with E-state index in [4.69, 9.17) is 9.47 Å². The molecule has 174 valence electrons. The molecule has 9 heteroatoms. The van der Waals surface area contributed by atoms with Crippen molar-refractivity contribution in [1.29, 1.82) is 0 Å². The smallest absolute Gasteiger partial charge is 0.257 e. The van der Waals surface area contributed by atoms with E-state index >= 15 is 0 Å². The van der Waals surface area contributed by atoms with Gasteiger partial charge < -0.3 is 14.4 Å². The van der Waals surface area contributed by atoms with Gasteiger partial charge in [-0.25, -0.2) is 4.90 Å². The van der Waals surface area contributed by atoms with E-state index in [0.717, 1.165) is 16.7 Å². The summed E-state index contributed by atoms with van der Waals surface area (Å²) in [6.45, 7) is 3.79.